The number of hydrogen-bond acceptors (Lipinski definition) is 5. The second kappa shape index (κ2) is 6.43. The van der Waals surface area contributed by atoms with Gasteiger partial charge >= 0.3 is 0 Å². The number of hydrogen-bond donors (Lipinski definition) is 1. The van der Waals surface area contributed by atoms with E-state index in [1.165, 1.54) is 11.4 Å². The van der Waals surface area contributed by atoms with Crippen molar-refractivity contribution in [2.24, 2.45) is 5.73 Å². The lowest BCUT2D eigenvalue weighted by atomic mass is 9.87. The number of ether oxygens (including phenoxy) is 1. The molecule has 0 spiro atoms. The Morgan fingerprint density at radius 2 is 1.86 bits per heavy atom. The number of anilines is 1. The highest BCUT2D eigenvalue weighted by molar-refractivity contribution is 7.96. The molecule has 28 heavy (non-hydrogen) atoms. The third-order valence-electron chi connectivity index (χ3n) is 5.22. The van der Waals surface area contributed by atoms with Gasteiger partial charge in [-0.15, -0.1) is 0 Å². The molecule has 0 saturated carbocycles. The van der Waals surface area contributed by atoms with Gasteiger partial charge in [0.05, 0.1) is 11.6 Å². The number of aryl methyl sites for hydroxylation is 1. The van der Waals surface area contributed by atoms with Crippen molar-refractivity contribution in [3.8, 4) is 6.07 Å². The third kappa shape index (κ3) is 2.49. The van der Waals surface area contributed by atoms with Gasteiger partial charge in [0.1, 0.15) is 16.5 Å². The first kappa shape index (κ1) is 18.1. The van der Waals surface area contributed by atoms with Crippen LogP contribution in [0.4, 0.5) is 5.69 Å². The van der Waals surface area contributed by atoms with Crippen molar-refractivity contribution in [3.63, 3.8) is 0 Å². The predicted octanol–water partition coefficient (Wildman–Crippen LogP) is 3.21. The van der Waals surface area contributed by atoms with Crippen molar-refractivity contribution in [1.82, 2.24) is 0 Å². The van der Waals surface area contributed by atoms with Gasteiger partial charge in [-0.3, -0.25) is 4.31 Å². The number of allylic oxidation sites excluding steroid dienone is 2. The van der Waals surface area contributed by atoms with Gasteiger partial charge in [-0.1, -0.05) is 43.3 Å². The molecule has 1 atom stereocenters. The van der Waals surface area contributed by atoms with Gasteiger partial charge in [0, 0.05) is 12.6 Å². The van der Waals surface area contributed by atoms with Gasteiger partial charge in [0.2, 0.25) is 5.88 Å². The largest absolute Gasteiger partial charge is 0.439 e. The lowest BCUT2D eigenvalue weighted by molar-refractivity contribution is 0.357. The summed E-state index contributed by atoms with van der Waals surface area (Å²) in [6.45, 7) is 2.04. The number of nitrogens with two attached hydrogens (primary N) is 1. The van der Waals surface area contributed by atoms with E-state index in [9.17, 15) is 13.7 Å². The fraction of sp³-hybridized carbons (Fsp3) is 0.190. The molecule has 2 heterocycles. The summed E-state index contributed by atoms with van der Waals surface area (Å²) >= 11 is 0. The molecule has 2 aromatic rings. The van der Waals surface area contributed by atoms with Crippen LogP contribution >= 0.6 is 0 Å². The third-order valence-corrected chi connectivity index (χ3v) is 7.11. The van der Waals surface area contributed by atoms with Crippen molar-refractivity contribution in [2.75, 3.05) is 11.4 Å². The Labute approximate surface area is 164 Å². The van der Waals surface area contributed by atoms with Gasteiger partial charge < -0.3 is 10.5 Å². The molecule has 2 aromatic carbocycles. The molecule has 0 amide bonds. The predicted molar refractivity (Wildman–Crippen MR) is 107 cm³/mol. The van der Waals surface area contributed by atoms with Crippen LogP contribution < -0.4 is 10.0 Å². The van der Waals surface area contributed by atoms with Crippen LogP contribution in [0, 0.1) is 11.3 Å². The molecular formula is C21H19N3O3S. The van der Waals surface area contributed by atoms with Crippen LogP contribution in [0.3, 0.4) is 0 Å². The number of fused-ring (bicyclic) bond motifs is 2. The molecule has 0 radical (unpaired) electrons. The smallest absolute Gasteiger partial charge is 0.264 e. The fourth-order valence-electron chi connectivity index (χ4n) is 3.67. The van der Waals surface area contributed by atoms with E-state index in [4.69, 9.17) is 10.5 Å². The van der Waals surface area contributed by atoms with Crippen molar-refractivity contribution >= 4 is 21.5 Å². The number of rotatable bonds is 2. The molecule has 2 aliphatic heterocycles. The number of nitriles is 1. The standard InChI is InChI=1S/C21H19N3O3S/c1-3-13-8-10-14(11-9-13)18-16(12-22)21(23)27-19-15-6-4-5-7-17(15)24(2)28(25,26)20(18)19/h4-11,18H,3,23H2,1-2H3/t18-/m0/s1. The highest BCUT2D eigenvalue weighted by Crippen LogP contribution is 2.50. The van der Waals surface area contributed by atoms with E-state index in [1.54, 1.807) is 18.2 Å². The zero-order chi connectivity index (χ0) is 20.1. The van der Waals surface area contributed by atoms with Crippen LogP contribution in [-0.4, -0.2) is 15.5 Å². The molecule has 0 fully saturated rings. The van der Waals surface area contributed by atoms with Crippen molar-refractivity contribution in [1.29, 1.82) is 5.26 Å². The van der Waals surface area contributed by atoms with Gasteiger partial charge in [0.25, 0.3) is 10.0 Å². The van der Waals surface area contributed by atoms with Crippen LogP contribution in [0.25, 0.3) is 5.76 Å². The van der Waals surface area contributed by atoms with Crippen molar-refractivity contribution < 1.29 is 13.2 Å². The van der Waals surface area contributed by atoms with E-state index in [-0.39, 0.29) is 22.1 Å². The average Bonchev–Trinajstić information content (AvgIpc) is 2.71. The molecule has 7 heteroatoms. The summed E-state index contributed by atoms with van der Waals surface area (Å²) in [7, 11) is -2.41. The van der Waals surface area contributed by atoms with Crippen LogP contribution in [0.5, 0.6) is 0 Å². The van der Waals surface area contributed by atoms with Gasteiger partial charge in [-0.25, -0.2) is 8.42 Å². The van der Waals surface area contributed by atoms with E-state index in [0.717, 1.165) is 12.0 Å². The first-order valence-electron chi connectivity index (χ1n) is 8.89. The van der Waals surface area contributed by atoms with E-state index in [2.05, 4.69) is 6.07 Å². The SMILES string of the molecule is CCc1ccc([C@H]2C(C#N)=C(N)OC3=C2S(=O)(=O)N(C)c2ccccc23)cc1. The monoisotopic (exact) mass is 393 g/mol. The molecule has 6 nitrogen and oxygen atoms in total. The minimum absolute atomic E-state index is 0.0451. The van der Waals surface area contributed by atoms with Crippen molar-refractivity contribution in [3.05, 3.63) is 81.6 Å². The molecular weight excluding hydrogens is 374 g/mol. The summed E-state index contributed by atoms with van der Waals surface area (Å²) in [6, 6.07) is 16.7. The molecule has 2 N–H and O–H groups in total. The Balaban J connectivity index is 2.03. The molecule has 0 aromatic heterocycles. The molecule has 0 bridgehead atoms. The topological polar surface area (TPSA) is 96.4 Å². The van der Waals surface area contributed by atoms with Crippen LogP contribution in [-0.2, 0) is 21.2 Å². The molecule has 0 saturated heterocycles. The van der Waals surface area contributed by atoms with E-state index >= 15 is 0 Å². The van der Waals surface area contributed by atoms with E-state index < -0.39 is 15.9 Å². The Kier molecular flexibility index (Phi) is 4.16. The Bertz CT molecular complexity index is 1170. The molecule has 4 rings (SSSR count). The van der Waals surface area contributed by atoms with Crippen LogP contribution in [0.2, 0.25) is 0 Å². The first-order chi connectivity index (χ1) is 13.4. The second-order valence-electron chi connectivity index (χ2n) is 6.70. The fourth-order valence-corrected chi connectivity index (χ4v) is 5.33. The number of para-hydroxylation sites is 1. The first-order valence-corrected chi connectivity index (χ1v) is 10.3. The quantitative estimate of drug-likeness (QED) is 0.845. The molecule has 2 aliphatic rings. The molecule has 142 valence electrons. The van der Waals surface area contributed by atoms with Crippen LogP contribution in [0.1, 0.15) is 29.5 Å². The van der Waals surface area contributed by atoms with Crippen LogP contribution in [0.15, 0.2) is 64.9 Å². The van der Waals surface area contributed by atoms with E-state index in [1.807, 2.05) is 37.3 Å². The lowest BCUT2D eigenvalue weighted by Crippen LogP contribution is -2.37. The number of sulfonamides is 1. The Morgan fingerprint density at radius 3 is 2.50 bits per heavy atom. The molecule has 0 unspecified atom stereocenters. The van der Waals surface area contributed by atoms with Crippen molar-refractivity contribution in [2.45, 2.75) is 19.3 Å². The summed E-state index contributed by atoms with van der Waals surface area (Å²) in [5.41, 5.74) is 9.09. The summed E-state index contributed by atoms with van der Waals surface area (Å²) < 4.78 is 33.7. The van der Waals surface area contributed by atoms with Gasteiger partial charge in [-0.05, 0) is 29.7 Å². The van der Waals surface area contributed by atoms with Gasteiger partial charge in [-0.2, -0.15) is 5.26 Å². The zero-order valence-electron chi connectivity index (χ0n) is 15.5. The second-order valence-corrected chi connectivity index (χ2v) is 8.64. The Hall–Kier alpha value is -3.24. The maximum absolute atomic E-state index is 13.4. The zero-order valence-corrected chi connectivity index (χ0v) is 16.3. The summed E-state index contributed by atoms with van der Waals surface area (Å²) in [6.07, 6.45) is 0.861. The summed E-state index contributed by atoms with van der Waals surface area (Å²) in [5.74, 6) is -0.699. The molecule has 0 aliphatic carbocycles. The number of nitrogens with zero attached hydrogens (tertiary/aromatic N) is 2. The normalized spacial score (nSPS) is 20.2. The lowest BCUT2D eigenvalue weighted by Gasteiger charge is -2.36. The minimum atomic E-state index is -3.91. The Morgan fingerprint density at radius 1 is 1.18 bits per heavy atom. The minimum Gasteiger partial charge on any atom is -0.439 e. The highest BCUT2D eigenvalue weighted by Gasteiger charge is 2.46. The summed E-state index contributed by atoms with van der Waals surface area (Å²) in [4.78, 5) is 0.0451. The summed E-state index contributed by atoms with van der Waals surface area (Å²) in [5, 5.41) is 9.72. The maximum atomic E-state index is 13.4. The van der Waals surface area contributed by atoms with E-state index in [0.29, 0.717) is 16.8 Å². The average molecular weight is 393 g/mol. The number of benzene rings is 2. The highest BCUT2D eigenvalue weighted by atomic mass is 32.2. The maximum Gasteiger partial charge on any atom is 0.264 e. The van der Waals surface area contributed by atoms with Gasteiger partial charge in [0.15, 0.2) is 5.76 Å².